The summed E-state index contributed by atoms with van der Waals surface area (Å²) < 4.78 is 15.1. The van der Waals surface area contributed by atoms with Crippen LogP contribution in [-0.2, 0) is 0 Å². The fraction of sp³-hybridized carbons (Fsp3) is 0. The van der Waals surface area contributed by atoms with Crippen LogP contribution in [0.3, 0.4) is 0 Å². The normalized spacial score (nSPS) is 12.8. The molecule has 0 amide bonds. The van der Waals surface area contributed by atoms with Gasteiger partial charge in [0.1, 0.15) is 23.0 Å². The lowest BCUT2D eigenvalue weighted by atomic mass is 9.35. The number of ether oxygens (including phenoxy) is 2. The molecule has 0 bridgehead atoms. The number of aromatic nitrogens is 1. The molecule has 0 N–H and O–H groups in total. The molecule has 9 rings (SSSR count). The van der Waals surface area contributed by atoms with Crippen molar-refractivity contribution in [2.45, 2.75) is 0 Å². The van der Waals surface area contributed by atoms with Crippen LogP contribution < -0.4 is 25.9 Å². The molecular weight excluding hydrogens is 489 g/mol. The average molecular weight is 511 g/mol. The van der Waals surface area contributed by atoms with Crippen LogP contribution in [0.15, 0.2) is 133 Å². The van der Waals surface area contributed by atoms with Crippen molar-refractivity contribution in [1.29, 1.82) is 0 Å². The maximum atomic E-state index is 6.43. The van der Waals surface area contributed by atoms with E-state index in [0.717, 1.165) is 28.5 Å². The predicted molar refractivity (Wildman–Crippen MR) is 164 cm³/mol. The maximum Gasteiger partial charge on any atom is 0.260 e. The molecule has 0 saturated carbocycles. The van der Waals surface area contributed by atoms with Gasteiger partial charge in [-0.25, -0.2) is 0 Å². The van der Waals surface area contributed by atoms with E-state index >= 15 is 0 Å². The van der Waals surface area contributed by atoms with Crippen LogP contribution in [0, 0.1) is 0 Å². The lowest BCUT2D eigenvalue weighted by Gasteiger charge is -2.33. The summed E-state index contributed by atoms with van der Waals surface area (Å²) >= 11 is 0. The Bertz CT molecular complexity index is 2120. The predicted octanol–water partition coefficient (Wildman–Crippen LogP) is 7.18. The maximum absolute atomic E-state index is 6.43. The fourth-order valence-corrected chi connectivity index (χ4v) is 6.57. The van der Waals surface area contributed by atoms with E-state index in [0.29, 0.717) is 0 Å². The van der Waals surface area contributed by atoms with Gasteiger partial charge in [0.05, 0.1) is 11.0 Å². The average Bonchev–Trinajstić information content (AvgIpc) is 3.35. The summed E-state index contributed by atoms with van der Waals surface area (Å²) in [5.41, 5.74) is 9.38. The van der Waals surface area contributed by atoms with Gasteiger partial charge in [-0.1, -0.05) is 78.9 Å². The summed E-state index contributed by atoms with van der Waals surface area (Å²) in [6.07, 6.45) is 0. The Morgan fingerprint density at radius 2 is 1.10 bits per heavy atom. The summed E-state index contributed by atoms with van der Waals surface area (Å²) in [5.74, 6) is 3.54. The fourth-order valence-electron chi connectivity index (χ4n) is 6.57. The van der Waals surface area contributed by atoms with Crippen molar-refractivity contribution in [2.75, 3.05) is 0 Å². The van der Waals surface area contributed by atoms with Crippen molar-refractivity contribution >= 4 is 44.9 Å². The smallest absolute Gasteiger partial charge is 0.260 e. The van der Waals surface area contributed by atoms with Crippen LogP contribution in [0.5, 0.6) is 23.0 Å². The molecule has 40 heavy (non-hydrogen) atoms. The first kappa shape index (κ1) is 21.7. The molecule has 3 nitrogen and oxygen atoms in total. The van der Waals surface area contributed by atoms with Gasteiger partial charge in [0.2, 0.25) is 0 Å². The zero-order valence-corrected chi connectivity index (χ0v) is 21.5. The van der Waals surface area contributed by atoms with Gasteiger partial charge < -0.3 is 14.0 Å². The third-order valence-electron chi connectivity index (χ3n) is 8.33. The molecule has 0 unspecified atom stereocenters. The van der Waals surface area contributed by atoms with Crippen LogP contribution in [0.2, 0.25) is 0 Å². The highest BCUT2D eigenvalue weighted by molar-refractivity contribution is 6.98. The van der Waals surface area contributed by atoms with E-state index in [1.165, 1.54) is 49.5 Å². The van der Waals surface area contributed by atoms with Crippen molar-refractivity contribution in [1.82, 2.24) is 4.57 Å². The molecular formula is C36H22BNO2. The summed E-state index contributed by atoms with van der Waals surface area (Å²) in [5, 5.41) is 2.50. The third-order valence-corrected chi connectivity index (χ3v) is 8.33. The van der Waals surface area contributed by atoms with Gasteiger partial charge >= 0.3 is 0 Å². The minimum absolute atomic E-state index is 0.0589. The second kappa shape index (κ2) is 8.14. The molecule has 6 aromatic carbocycles. The first-order valence-corrected chi connectivity index (χ1v) is 13.6. The number of nitrogens with zero attached hydrogens (tertiary/aromatic N) is 1. The molecule has 2 aliphatic rings. The van der Waals surface area contributed by atoms with Crippen LogP contribution in [0.1, 0.15) is 0 Å². The molecule has 4 heteroatoms. The lowest BCUT2D eigenvalue weighted by molar-refractivity contribution is 0.464. The number of fused-ring (bicyclic) bond motifs is 7. The minimum atomic E-state index is 0.0589. The van der Waals surface area contributed by atoms with Crippen molar-refractivity contribution in [3.63, 3.8) is 0 Å². The largest absolute Gasteiger partial charge is 0.458 e. The number of benzene rings is 6. The quantitative estimate of drug-likeness (QED) is 0.230. The molecule has 3 heterocycles. The lowest BCUT2D eigenvalue weighted by Crippen LogP contribution is -2.57. The molecule has 0 radical (unpaired) electrons. The Morgan fingerprint density at radius 1 is 0.450 bits per heavy atom. The first-order valence-electron chi connectivity index (χ1n) is 13.6. The zero-order chi connectivity index (χ0) is 26.2. The van der Waals surface area contributed by atoms with Crippen LogP contribution in [-0.4, -0.2) is 11.3 Å². The summed E-state index contributed by atoms with van der Waals surface area (Å²) in [6.45, 7) is 0.0589. The van der Waals surface area contributed by atoms with Gasteiger partial charge in [0.15, 0.2) is 0 Å². The first-order chi connectivity index (χ1) is 19.8. The van der Waals surface area contributed by atoms with E-state index in [9.17, 15) is 0 Å². The van der Waals surface area contributed by atoms with Crippen molar-refractivity contribution in [2.24, 2.45) is 0 Å². The Hall–Kier alpha value is -5.22. The number of rotatable bonds is 2. The zero-order valence-electron chi connectivity index (χ0n) is 21.5. The Labute approximate surface area is 231 Å². The van der Waals surface area contributed by atoms with Crippen molar-refractivity contribution in [3.8, 4) is 39.8 Å². The van der Waals surface area contributed by atoms with E-state index in [4.69, 9.17) is 9.47 Å². The van der Waals surface area contributed by atoms with E-state index in [1.54, 1.807) is 0 Å². The number of hydrogen-bond acceptors (Lipinski definition) is 2. The molecule has 0 atom stereocenters. The standard InChI is InChI=1S/C36H22BNO2/c1-2-9-25(10-3-1)38-30-13-6-4-11-26(30)27-21-23(17-19-31(27)38)24-18-20-33-29(22-24)37-28-12-5-7-14-32(28)39-34-15-8-16-35(40-33)36(34)37/h1-22H. The van der Waals surface area contributed by atoms with Gasteiger partial charge in [-0.3, -0.25) is 0 Å². The Balaban J connectivity index is 1.24. The molecule has 0 aliphatic carbocycles. The van der Waals surface area contributed by atoms with Crippen molar-refractivity contribution < 1.29 is 9.47 Å². The number of hydrogen-bond donors (Lipinski definition) is 0. The summed E-state index contributed by atoms with van der Waals surface area (Å²) in [4.78, 5) is 0. The molecule has 0 fully saturated rings. The van der Waals surface area contributed by atoms with Crippen molar-refractivity contribution in [3.05, 3.63) is 133 Å². The molecule has 186 valence electrons. The highest BCUT2D eigenvalue weighted by Crippen LogP contribution is 2.37. The second-order valence-electron chi connectivity index (χ2n) is 10.5. The monoisotopic (exact) mass is 511 g/mol. The van der Waals surface area contributed by atoms with Gasteiger partial charge in [0, 0.05) is 21.9 Å². The SMILES string of the molecule is c1ccc(-n2c3ccccc3c3cc(-c4ccc5c(c4)B4c6ccccc6Oc6cccc(c64)O5)ccc32)cc1. The Morgan fingerprint density at radius 3 is 1.98 bits per heavy atom. The van der Waals surface area contributed by atoms with Gasteiger partial charge in [-0.2, -0.15) is 0 Å². The molecule has 7 aromatic rings. The minimum Gasteiger partial charge on any atom is -0.458 e. The van der Waals surface area contributed by atoms with E-state index in [2.05, 4.69) is 114 Å². The van der Waals surface area contributed by atoms with Gasteiger partial charge in [-0.15, -0.1) is 0 Å². The topological polar surface area (TPSA) is 23.4 Å². The van der Waals surface area contributed by atoms with Crippen LogP contribution in [0.4, 0.5) is 0 Å². The van der Waals surface area contributed by atoms with E-state index in [1.807, 2.05) is 24.3 Å². The second-order valence-corrected chi connectivity index (χ2v) is 10.5. The number of para-hydroxylation sites is 3. The van der Waals surface area contributed by atoms with Crippen LogP contribution in [0.25, 0.3) is 38.6 Å². The van der Waals surface area contributed by atoms with Gasteiger partial charge in [-0.05, 0) is 76.6 Å². The highest BCUT2D eigenvalue weighted by atomic mass is 16.5. The summed E-state index contributed by atoms with van der Waals surface area (Å²) in [7, 11) is 0. The third kappa shape index (κ3) is 3.02. The molecule has 2 aliphatic heterocycles. The molecule has 1 aromatic heterocycles. The Kier molecular flexibility index (Phi) is 4.41. The van der Waals surface area contributed by atoms with E-state index in [-0.39, 0.29) is 6.71 Å². The van der Waals surface area contributed by atoms with Crippen LogP contribution >= 0.6 is 0 Å². The van der Waals surface area contributed by atoms with E-state index < -0.39 is 0 Å². The van der Waals surface area contributed by atoms with Gasteiger partial charge in [0.25, 0.3) is 6.71 Å². The summed E-state index contributed by atoms with van der Waals surface area (Å²) in [6, 6.07) is 47.1. The highest BCUT2D eigenvalue weighted by Gasteiger charge is 2.39. The molecule has 0 spiro atoms. The molecule has 0 saturated heterocycles.